The van der Waals surface area contributed by atoms with Gasteiger partial charge in [0.05, 0.1) is 12.0 Å². The highest BCUT2D eigenvalue weighted by atomic mass is 16.7. The molecule has 2 aliphatic rings. The SMILES string of the molecule is CCOCCOC(=O)OC1C(C)(C)c2ccccc2C12CC(C)(C)c1ccccc12. The number of hydrogen-bond acceptors (Lipinski definition) is 4. The number of carbonyl (C=O) groups is 1. The van der Waals surface area contributed by atoms with Gasteiger partial charge in [0.15, 0.2) is 0 Å². The predicted octanol–water partition coefficient (Wildman–Crippen LogP) is 5.50. The van der Waals surface area contributed by atoms with Gasteiger partial charge in [0.1, 0.15) is 12.7 Å². The number of hydrogen-bond donors (Lipinski definition) is 0. The largest absolute Gasteiger partial charge is 0.508 e. The van der Waals surface area contributed by atoms with Crippen molar-refractivity contribution in [3.63, 3.8) is 0 Å². The maximum absolute atomic E-state index is 12.7. The van der Waals surface area contributed by atoms with E-state index in [1.165, 1.54) is 22.3 Å². The molecule has 2 aromatic carbocycles. The molecule has 2 aromatic rings. The van der Waals surface area contributed by atoms with E-state index in [1.54, 1.807) is 0 Å². The monoisotopic (exact) mass is 408 g/mol. The zero-order valence-corrected chi connectivity index (χ0v) is 18.7. The molecule has 1 spiro atoms. The Kier molecular flexibility index (Phi) is 5.17. The van der Waals surface area contributed by atoms with Crippen molar-refractivity contribution in [2.24, 2.45) is 0 Å². The van der Waals surface area contributed by atoms with Crippen LogP contribution in [0.2, 0.25) is 0 Å². The van der Waals surface area contributed by atoms with Gasteiger partial charge in [-0.25, -0.2) is 4.79 Å². The van der Waals surface area contributed by atoms with Gasteiger partial charge in [-0.1, -0.05) is 76.2 Å². The van der Waals surface area contributed by atoms with E-state index in [-0.39, 0.29) is 29.0 Å². The van der Waals surface area contributed by atoms with Crippen LogP contribution in [0.25, 0.3) is 0 Å². The molecule has 0 bridgehead atoms. The van der Waals surface area contributed by atoms with Gasteiger partial charge in [-0.3, -0.25) is 0 Å². The second kappa shape index (κ2) is 7.42. The van der Waals surface area contributed by atoms with Crippen molar-refractivity contribution in [1.29, 1.82) is 0 Å². The first kappa shape index (κ1) is 20.9. The molecule has 0 radical (unpaired) electrons. The topological polar surface area (TPSA) is 44.8 Å². The summed E-state index contributed by atoms with van der Waals surface area (Å²) in [6.07, 6.45) is -0.0940. The molecule has 160 valence electrons. The van der Waals surface area contributed by atoms with Gasteiger partial charge in [0, 0.05) is 12.0 Å². The van der Waals surface area contributed by atoms with Crippen LogP contribution in [0.5, 0.6) is 0 Å². The van der Waals surface area contributed by atoms with E-state index in [0.717, 1.165) is 6.42 Å². The summed E-state index contributed by atoms with van der Waals surface area (Å²) < 4.78 is 16.8. The van der Waals surface area contributed by atoms with Crippen LogP contribution in [0.4, 0.5) is 4.79 Å². The van der Waals surface area contributed by atoms with Crippen LogP contribution in [0.3, 0.4) is 0 Å². The van der Waals surface area contributed by atoms with Crippen molar-refractivity contribution in [3.05, 3.63) is 70.8 Å². The quantitative estimate of drug-likeness (QED) is 0.484. The van der Waals surface area contributed by atoms with Crippen LogP contribution < -0.4 is 0 Å². The molecule has 2 atom stereocenters. The fraction of sp³-hybridized carbons (Fsp3) is 0.500. The van der Waals surface area contributed by atoms with Gasteiger partial charge >= 0.3 is 6.16 Å². The zero-order chi connectivity index (χ0) is 21.6. The summed E-state index contributed by atoms with van der Waals surface area (Å²) in [4.78, 5) is 12.7. The van der Waals surface area contributed by atoms with E-state index < -0.39 is 6.16 Å². The molecule has 2 unspecified atom stereocenters. The Hall–Kier alpha value is -2.33. The standard InChI is InChI=1S/C26H32O4/c1-6-28-15-16-29-23(27)30-22-25(4,5)19-12-8-10-14-21(19)26(22)17-24(2,3)18-11-7-9-13-20(18)26/h7-14,22H,6,15-17H2,1-5H3. The smallest absolute Gasteiger partial charge is 0.432 e. The lowest BCUT2D eigenvalue weighted by Gasteiger charge is -2.39. The van der Waals surface area contributed by atoms with Gasteiger partial charge in [-0.2, -0.15) is 0 Å². The fourth-order valence-corrected chi connectivity index (χ4v) is 5.86. The van der Waals surface area contributed by atoms with Crippen LogP contribution in [0.15, 0.2) is 48.5 Å². The first-order valence-electron chi connectivity index (χ1n) is 10.9. The van der Waals surface area contributed by atoms with E-state index in [1.807, 2.05) is 6.92 Å². The number of rotatable bonds is 5. The normalized spacial score (nSPS) is 25.0. The third-order valence-electron chi connectivity index (χ3n) is 6.93. The minimum absolute atomic E-state index is 0.0232. The molecule has 0 N–H and O–H groups in total. The average molecular weight is 409 g/mol. The minimum Gasteiger partial charge on any atom is -0.432 e. The molecule has 0 aliphatic heterocycles. The second-order valence-corrected chi connectivity index (χ2v) is 9.64. The molecule has 0 aromatic heterocycles. The summed E-state index contributed by atoms with van der Waals surface area (Å²) >= 11 is 0. The number of benzene rings is 2. The van der Waals surface area contributed by atoms with Crippen LogP contribution in [0.1, 0.15) is 63.3 Å². The Morgan fingerprint density at radius 3 is 2.10 bits per heavy atom. The number of fused-ring (bicyclic) bond motifs is 4. The Morgan fingerprint density at radius 1 is 0.900 bits per heavy atom. The van der Waals surface area contributed by atoms with Gasteiger partial charge in [-0.05, 0) is 41.0 Å². The number of carbonyl (C=O) groups excluding carboxylic acids is 1. The molecule has 2 aliphatic carbocycles. The first-order valence-corrected chi connectivity index (χ1v) is 10.9. The Labute approximate surface area is 179 Å². The molecule has 4 heteroatoms. The third-order valence-corrected chi connectivity index (χ3v) is 6.93. The predicted molar refractivity (Wildman–Crippen MR) is 117 cm³/mol. The summed E-state index contributed by atoms with van der Waals surface area (Å²) in [6, 6.07) is 17.2. The van der Waals surface area contributed by atoms with Crippen molar-refractivity contribution in [2.45, 2.75) is 63.4 Å². The lowest BCUT2D eigenvalue weighted by molar-refractivity contribution is -0.0300. The van der Waals surface area contributed by atoms with E-state index in [2.05, 4.69) is 76.2 Å². The molecule has 0 fully saturated rings. The van der Waals surface area contributed by atoms with Crippen LogP contribution in [-0.2, 0) is 30.5 Å². The molecular formula is C26H32O4. The van der Waals surface area contributed by atoms with Crippen molar-refractivity contribution >= 4 is 6.16 Å². The number of ether oxygens (including phenoxy) is 3. The Morgan fingerprint density at radius 2 is 1.47 bits per heavy atom. The fourth-order valence-electron chi connectivity index (χ4n) is 5.86. The van der Waals surface area contributed by atoms with Crippen LogP contribution >= 0.6 is 0 Å². The summed E-state index contributed by atoms with van der Waals surface area (Å²) in [6.45, 7) is 12.0. The van der Waals surface area contributed by atoms with E-state index in [4.69, 9.17) is 14.2 Å². The van der Waals surface area contributed by atoms with E-state index in [9.17, 15) is 4.79 Å². The van der Waals surface area contributed by atoms with E-state index >= 15 is 0 Å². The van der Waals surface area contributed by atoms with Crippen molar-refractivity contribution in [3.8, 4) is 0 Å². The molecular weight excluding hydrogens is 376 g/mol. The molecule has 0 heterocycles. The molecule has 4 rings (SSSR count). The molecule has 4 nitrogen and oxygen atoms in total. The van der Waals surface area contributed by atoms with Gasteiger partial charge < -0.3 is 14.2 Å². The molecule has 30 heavy (non-hydrogen) atoms. The lowest BCUT2D eigenvalue weighted by atomic mass is 9.70. The maximum atomic E-state index is 12.7. The summed E-state index contributed by atoms with van der Waals surface area (Å²) in [5.41, 5.74) is 4.34. The lowest BCUT2D eigenvalue weighted by Crippen LogP contribution is -2.46. The maximum Gasteiger partial charge on any atom is 0.508 e. The summed E-state index contributed by atoms with van der Waals surface area (Å²) in [5, 5.41) is 0. The third kappa shape index (κ3) is 3.04. The Balaban J connectivity index is 1.78. The van der Waals surface area contributed by atoms with E-state index in [0.29, 0.717) is 13.2 Å². The summed E-state index contributed by atoms with van der Waals surface area (Å²) in [5.74, 6) is 0. The van der Waals surface area contributed by atoms with Crippen molar-refractivity contribution in [2.75, 3.05) is 19.8 Å². The first-order chi connectivity index (χ1) is 14.2. The van der Waals surface area contributed by atoms with Crippen molar-refractivity contribution in [1.82, 2.24) is 0 Å². The second-order valence-electron chi connectivity index (χ2n) is 9.64. The molecule has 0 saturated heterocycles. The van der Waals surface area contributed by atoms with Gasteiger partial charge in [-0.15, -0.1) is 0 Å². The zero-order valence-electron chi connectivity index (χ0n) is 18.7. The average Bonchev–Trinajstić information content (AvgIpc) is 3.07. The van der Waals surface area contributed by atoms with Gasteiger partial charge in [0.25, 0.3) is 0 Å². The van der Waals surface area contributed by atoms with Crippen molar-refractivity contribution < 1.29 is 19.0 Å². The molecule has 0 amide bonds. The molecule has 0 saturated carbocycles. The van der Waals surface area contributed by atoms with Crippen LogP contribution in [-0.4, -0.2) is 32.1 Å². The highest BCUT2D eigenvalue weighted by Crippen LogP contribution is 2.63. The van der Waals surface area contributed by atoms with Crippen LogP contribution in [0, 0.1) is 0 Å². The Bertz CT molecular complexity index is 933. The highest BCUT2D eigenvalue weighted by molar-refractivity contribution is 5.66. The highest BCUT2D eigenvalue weighted by Gasteiger charge is 2.64. The summed E-state index contributed by atoms with van der Waals surface area (Å²) in [7, 11) is 0. The van der Waals surface area contributed by atoms with Gasteiger partial charge in [0.2, 0.25) is 0 Å². The minimum atomic E-state index is -0.623.